The fraction of sp³-hybridized carbons (Fsp3) is 0.824. The Morgan fingerprint density at radius 1 is 1.10 bits per heavy atom. The molecule has 0 bridgehead atoms. The number of hydrogen-bond acceptors (Lipinski definition) is 9. The normalized spacial score (nSPS) is 15.8. The molecule has 0 aliphatic rings. The molecule has 12 nitrogen and oxygen atoms in total. The topological polar surface area (TPSA) is 209 Å². The van der Waals surface area contributed by atoms with Gasteiger partial charge in [0.2, 0.25) is 11.8 Å². The number of ether oxygens (including phenoxy) is 1. The van der Waals surface area contributed by atoms with Crippen LogP contribution < -0.4 is 11.2 Å². The second-order valence-electron chi connectivity index (χ2n) is 7.30. The van der Waals surface area contributed by atoms with E-state index in [2.05, 4.69) is 5.48 Å². The third-order valence-corrected chi connectivity index (χ3v) is 5.48. The number of aliphatic hydroxyl groups is 1. The highest BCUT2D eigenvalue weighted by molar-refractivity contribution is 6.56. The van der Waals surface area contributed by atoms with Gasteiger partial charge in [0.15, 0.2) is 0 Å². The summed E-state index contributed by atoms with van der Waals surface area (Å²) in [6, 6.07) is -0.175. The largest absolute Gasteiger partial charge is 0.492 e. The summed E-state index contributed by atoms with van der Waals surface area (Å²) in [6.07, 6.45) is -0.405. The Balaban J connectivity index is 4.21. The van der Waals surface area contributed by atoms with Crippen LogP contribution in [0.25, 0.3) is 0 Å². The van der Waals surface area contributed by atoms with Crippen molar-refractivity contribution in [3.8, 4) is 0 Å². The summed E-state index contributed by atoms with van der Waals surface area (Å²) in [7, 11) is -4.09. The molecule has 0 aliphatic heterocycles. The molecule has 0 aromatic rings. The highest BCUT2D eigenvalue weighted by atomic mass is 28.4. The molecule has 0 saturated heterocycles. The molecule has 0 spiro atoms. The number of hydroxylamine groups is 1. The van der Waals surface area contributed by atoms with Gasteiger partial charge in [-0.3, -0.25) is 19.2 Å². The molecule has 0 aromatic carbocycles. The van der Waals surface area contributed by atoms with E-state index < -0.39 is 50.4 Å². The summed E-state index contributed by atoms with van der Waals surface area (Å²) < 4.78 is 5.09. The van der Waals surface area contributed by atoms with E-state index in [0.717, 1.165) is 0 Å². The summed E-state index contributed by atoms with van der Waals surface area (Å²) in [4.78, 5) is 66.3. The molecule has 0 radical (unpaired) electrons. The maximum absolute atomic E-state index is 12.1. The number of aliphatic carboxylic acids is 1. The first kappa shape index (κ1) is 28.4. The van der Waals surface area contributed by atoms with Crippen molar-refractivity contribution >= 4 is 26.6 Å². The van der Waals surface area contributed by atoms with Crippen molar-refractivity contribution in [2.24, 2.45) is 23.5 Å². The SMILES string of the molecule is CCC(CC(CC(C)C(=O)NOCC(O)COCCC[Si](O)(O)O)C(N)=O)C(=O)O. The minimum atomic E-state index is -4.09. The Morgan fingerprint density at radius 3 is 2.23 bits per heavy atom. The van der Waals surface area contributed by atoms with Crippen LogP contribution in [0.15, 0.2) is 0 Å². The molecular formula is C17H34N2O10Si. The highest BCUT2D eigenvalue weighted by Gasteiger charge is 2.28. The van der Waals surface area contributed by atoms with Crippen molar-refractivity contribution in [3.63, 3.8) is 0 Å². The van der Waals surface area contributed by atoms with Gasteiger partial charge in [-0.1, -0.05) is 13.8 Å². The van der Waals surface area contributed by atoms with Crippen molar-refractivity contribution < 1.29 is 48.6 Å². The number of carboxylic acids is 1. The van der Waals surface area contributed by atoms with Crippen LogP contribution in [0.4, 0.5) is 0 Å². The summed E-state index contributed by atoms with van der Waals surface area (Å²) in [5, 5.41) is 18.8. The molecule has 4 atom stereocenters. The lowest BCUT2D eigenvalue weighted by molar-refractivity contribution is -0.143. The van der Waals surface area contributed by atoms with E-state index in [1.165, 1.54) is 0 Å². The van der Waals surface area contributed by atoms with Crippen LogP contribution in [0.3, 0.4) is 0 Å². The van der Waals surface area contributed by atoms with Gasteiger partial charge in [-0.25, -0.2) is 5.48 Å². The first-order chi connectivity index (χ1) is 13.9. The fourth-order valence-corrected chi connectivity index (χ4v) is 3.26. The fourth-order valence-electron chi connectivity index (χ4n) is 2.64. The molecule has 0 heterocycles. The van der Waals surface area contributed by atoms with Gasteiger partial charge in [0, 0.05) is 24.5 Å². The number of nitrogens with one attached hydrogen (secondary N) is 1. The van der Waals surface area contributed by atoms with Crippen molar-refractivity contribution in [1.82, 2.24) is 5.48 Å². The third-order valence-electron chi connectivity index (χ3n) is 4.46. The highest BCUT2D eigenvalue weighted by Crippen LogP contribution is 2.22. The lowest BCUT2D eigenvalue weighted by Crippen LogP contribution is -2.36. The molecule has 30 heavy (non-hydrogen) atoms. The summed E-state index contributed by atoms with van der Waals surface area (Å²) in [5.41, 5.74) is 7.49. The van der Waals surface area contributed by atoms with Gasteiger partial charge < -0.3 is 35.1 Å². The van der Waals surface area contributed by atoms with Crippen LogP contribution in [0.2, 0.25) is 6.04 Å². The summed E-state index contributed by atoms with van der Waals surface area (Å²) in [6.45, 7) is 2.94. The number of carbonyl (C=O) groups is 3. The van der Waals surface area contributed by atoms with Gasteiger partial charge in [-0.05, 0) is 25.7 Å². The van der Waals surface area contributed by atoms with Crippen molar-refractivity contribution in [3.05, 3.63) is 0 Å². The van der Waals surface area contributed by atoms with E-state index in [-0.39, 0.29) is 45.1 Å². The standard InChI is InChI=1S/C17H34N2O10Si/c1-3-12(17(23)24)8-13(15(18)21)7-11(2)16(22)19-29-10-14(20)9-28-5-4-6-30(25,26)27/h11-14,20,25-27H,3-10H2,1-2H3,(H2,18,21)(H,19,22)(H,23,24). The van der Waals surface area contributed by atoms with E-state index in [1.807, 2.05) is 0 Å². The number of amides is 2. The minimum absolute atomic E-state index is 0.0438. The average molecular weight is 455 g/mol. The van der Waals surface area contributed by atoms with Crippen molar-refractivity contribution in [1.29, 1.82) is 0 Å². The molecule has 13 heteroatoms. The van der Waals surface area contributed by atoms with E-state index in [4.69, 9.17) is 34.8 Å². The molecule has 0 saturated carbocycles. The smallest absolute Gasteiger partial charge is 0.481 e. The van der Waals surface area contributed by atoms with E-state index in [1.54, 1.807) is 13.8 Å². The Morgan fingerprint density at radius 2 is 1.73 bits per heavy atom. The third kappa shape index (κ3) is 13.6. The molecule has 2 amide bonds. The minimum Gasteiger partial charge on any atom is -0.481 e. The lowest BCUT2D eigenvalue weighted by atomic mass is 9.86. The first-order valence-corrected chi connectivity index (χ1v) is 11.8. The number of carbonyl (C=O) groups excluding carboxylic acids is 2. The van der Waals surface area contributed by atoms with E-state index >= 15 is 0 Å². The van der Waals surface area contributed by atoms with Crippen LogP contribution in [0, 0.1) is 17.8 Å². The Hall–Kier alpha value is -1.61. The van der Waals surface area contributed by atoms with Crippen LogP contribution in [0.1, 0.15) is 39.5 Å². The van der Waals surface area contributed by atoms with Crippen molar-refractivity contribution in [2.45, 2.75) is 51.7 Å². The monoisotopic (exact) mass is 454 g/mol. The van der Waals surface area contributed by atoms with Crippen LogP contribution in [0.5, 0.6) is 0 Å². The maximum atomic E-state index is 12.1. The summed E-state index contributed by atoms with van der Waals surface area (Å²) >= 11 is 0. The van der Waals surface area contributed by atoms with Crippen LogP contribution in [-0.4, -0.2) is 77.1 Å². The second-order valence-corrected chi connectivity index (χ2v) is 9.35. The van der Waals surface area contributed by atoms with E-state index in [9.17, 15) is 19.5 Å². The number of primary amides is 1. The lowest BCUT2D eigenvalue weighted by Gasteiger charge is -2.21. The maximum Gasteiger partial charge on any atom is 0.492 e. The molecule has 0 aromatic heterocycles. The average Bonchev–Trinajstić information content (AvgIpc) is 2.62. The molecule has 0 rings (SSSR count). The molecule has 0 fully saturated rings. The van der Waals surface area contributed by atoms with Crippen LogP contribution >= 0.6 is 0 Å². The van der Waals surface area contributed by atoms with Gasteiger partial charge in [0.25, 0.3) is 0 Å². The Bertz CT molecular complexity index is 543. The number of aliphatic hydroxyl groups excluding tert-OH is 1. The second kappa shape index (κ2) is 14.4. The van der Waals surface area contributed by atoms with Crippen LogP contribution in [-0.2, 0) is 24.0 Å². The van der Waals surface area contributed by atoms with Gasteiger partial charge in [-0.15, -0.1) is 0 Å². The molecule has 8 N–H and O–H groups in total. The Labute approximate surface area is 176 Å². The first-order valence-electron chi connectivity index (χ1n) is 9.74. The number of rotatable bonds is 17. The van der Waals surface area contributed by atoms with E-state index in [0.29, 0.717) is 6.42 Å². The predicted molar refractivity (Wildman–Crippen MR) is 105 cm³/mol. The van der Waals surface area contributed by atoms with Gasteiger partial charge in [0.1, 0.15) is 12.7 Å². The number of nitrogens with two attached hydrogens (primary N) is 1. The number of carboxylic acid groups (broad SMARTS) is 1. The quantitative estimate of drug-likeness (QED) is 0.0756. The zero-order valence-corrected chi connectivity index (χ0v) is 18.3. The molecule has 0 aliphatic carbocycles. The molecule has 176 valence electrons. The van der Waals surface area contributed by atoms with Gasteiger partial charge >= 0.3 is 14.8 Å². The molecule has 4 unspecified atom stereocenters. The molecular weight excluding hydrogens is 420 g/mol. The zero-order chi connectivity index (χ0) is 23.3. The number of hydrogen-bond donors (Lipinski definition) is 7. The van der Waals surface area contributed by atoms with Crippen molar-refractivity contribution in [2.75, 3.05) is 19.8 Å². The van der Waals surface area contributed by atoms with Gasteiger partial charge in [-0.2, -0.15) is 0 Å². The summed E-state index contributed by atoms with van der Waals surface area (Å²) in [5.74, 6) is -4.42. The predicted octanol–water partition coefficient (Wildman–Crippen LogP) is -1.65. The zero-order valence-electron chi connectivity index (χ0n) is 17.3. The van der Waals surface area contributed by atoms with Gasteiger partial charge in [0.05, 0.1) is 12.5 Å². The Kier molecular flexibility index (Phi) is 13.6.